The third-order valence-electron chi connectivity index (χ3n) is 2.35. The molecule has 0 aliphatic carbocycles. The van der Waals surface area contributed by atoms with Gasteiger partial charge in [-0.05, 0) is 18.9 Å². The van der Waals surface area contributed by atoms with E-state index in [1.807, 2.05) is 32.2 Å². The van der Waals surface area contributed by atoms with Crippen LogP contribution in [0.5, 0.6) is 0 Å². The van der Waals surface area contributed by atoms with Crippen LogP contribution < -0.4 is 5.73 Å². The van der Waals surface area contributed by atoms with Gasteiger partial charge >= 0.3 is 0 Å². The van der Waals surface area contributed by atoms with Crippen molar-refractivity contribution in [1.82, 2.24) is 9.97 Å². The number of rotatable bonds is 2. The number of aliphatic imine (C=N–C) groups is 1. The minimum atomic E-state index is 0.283. The Kier molecular flexibility index (Phi) is 2.81. The largest absolute Gasteiger partial charge is 0.368 e. The van der Waals surface area contributed by atoms with Crippen molar-refractivity contribution in [3.63, 3.8) is 0 Å². The van der Waals surface area contributed by atoms with Crippen molar-refractivity contribution in [2.45, 2.75) is 20.3 Å². The van der Waals surface area contributed by atoms with E-state index in [9.17, 15) is 0 Å². The highest BCUT2D eigenvalue weighted by atomic mass is 15.0. The molecule has 0 amide bonds. The number of benzene rings is 1. The van der Waals surface area contributed by atoms with Gasteiger partial charge in [0.15, 0.2) is 0 Å². The third kappa shape index (κ3) is 1.86. The van der Waals surface area contributed by atoms with Crippen LogP contribution in [-0.2, 0) is 0 Å². The summed E-state index contributed by atoms with van der Waals surface area (Å²) in [6.45, 7) is 4.06. The predicted molar refractivity (Wildman–Crippen MR) is 67.1 cm³/mol. The summed E-state index contributed by atoms with van der Waals surface area (Å²) in [5.74, 6) is 0.283. The molecule has 1 heterocycles. The average molecular weight is 214 g/mol. The molecule has 4 heteroatoms. The van der Waals surface area contributed by atoms with Gasteiger partial charge < -0.3 is 5.73 Å². The first-order chi connectivity index (χ1) is 7.72. The number of hydrogen-bond acceptors (Lipinski definition) is 4. The number of fused-ring (bicyclic) bond motifs is 1. The zero-order chi connectivity index (χ0) is 11.5. The van der Waals surface area contributed by atoms with Gasteiger partial charge in [-0.3, -0.25) is 4.99 Å². The van der Waals surface area contributed by atoms with Crippen LogP contribution in [0.2, 0.25) is 0 Å². The Morgan fingerprint density at radius 3 is 3.00 bits per heavy atom. The molecule has 0 atom stereocenters. The highest BCUT2D eigenvalue weighted by molar-refractivity contribution is 5.92. The summed E-state index contributed by atoms with van der Waals surface area (Å²) in [4.78, 5) is 12.6. The Labute approximate surface area is 94.2 Å². The number of nitrogens with zero attached hydrogens (tertiary/aromatic N) is 3. The molecular formula is C12H14N4. The topological polar surface area (TPSA) is 64.2 Å². The summed E-state index contributed by atoms with van der Waals surface area (Å²) < 4.78 is 0. The summed E-state index contributed by atoms with van der Waals surface area (Å²) >= 11 is 0. The molecule has 82 valence electrons. The van der Waals surface area contributed by atoms with Crippen molar-refractivity contribution >= 4 is 28.8 Å². The summed E-state index contributed by atoms with van der Waals surface area (Å²) in [5.41, 5.74) is 8.39. The Bertz CT molecular complexity index is 541. The van der Waals surface area contributed by atoms with E-state index in [1.54, 1.807) is 6.20 Å². The number of aromatic nitrogens is 2. The Morgan fingerprint density at radius 2 is 2.25 bits per heavy atom. The normalized spacial score (nSPS) is 11.4. The summed E-state index contributed by atoms with van der Waals surface area (Å²) in [7, 11) is 0. The SMILES string of the molecule is CCC=Nc1c(C)ccc2cnc(N)nc12. The zero-order valence-corrected chi connectivity index (χ0v) is 9.44. The standard InChI is InChI=1S/C12H14N4/c1-3-6-14-10-8(2)4-5-9-7-15-12(13)16-11(9)10/h4-7H,3H2,1-2H3,(H2,13,15,16). The zero-order valence-electron chi connectivity index (χ0n) is 9.44. The molecular weight excluding hydrogens is 200 g/mol. The van der Waals surface area contributed by atoms with E-state index in [4.69, 9.17) is 5.73 Å². The molecule has 0 bridgehead atoms. The van der Waals surface area contributed by atoms with Crippen molar-refractivity contribution in [2.24, 2.45) is 4.99 Å². The maximum Gasteiger partial charge on any atom is 0.220 e. The Balaban J connectivity index is 2.72. The minimum absolute atomic E-state index is 0.283. The molecule has 0 saturated heterocycles. The van der Waals surface area contributed by atoms with Gasteiger partial charge in [-0.15, -0.1) is 0 Å². The number of nitrogens with two attached hydrogens (primary N) is 1. The molecule has 0 aliphatic heterocycles. The fourth-order valence-electron chi connectivity index (χ4n) is 1.54. The molecule has 16 heavy (non-hydrogen) atoms. The van der Waals surface area contributed by atoms with Gasteiger partial charge in [0, 0.05) is 17.8 Å². The van der Waals surface area contributed by atoms with E-state index in [0.29, 0.717) is 0 Å². The second-order valence-corrected chi connectivity index (χ2v) is 3.62. The van der Waals surface area contributed by atoms with Gasteiger partial charge in [-0.2, -0.15) is 0 Å². The molecule has 0 saturated carbocycles. The highest BCUT2D eigenvalue weighted by Crippen LogP contribution is 2.27. The number of hydrogen-bond donors (Lipinski definition) is 1. The van der Waals surface area contributed by atoms with Crippen molar-refractivity contribution < 1.29 is 0 Å². The lowest BCUT2D eigenvalue weighted by atomic mass is 10.1. The smallest absolute Gasteiger partial charge is 0.220 e. The lowest BCUT2D eigenvalue weighted by Crippen LogP contribution is -1.94. The molecule has 2 rings (SSSR count). The highest BCUT2D eigenvalue weighted by Gasteiger charge is 2.05. The molecule has 4 nitrogen and oxygen atoms in total. The lowest BCUT2D eigenvalue weighted by molar-refractivity contribution is 1.23. The molecule has 0 fully saturated rings. The van der Waals surface area contributed by atoms with Crippen LogP contribution in [0.15, 0.2) is 23.3 Å². The van der Waals surface area contributed by atoms with Crippen LogP contribution in [0.3, 0.4) is 0 Å². The summed E-state index contributed by atoms with van der Waals surface area (Å²) in [6.07, 6.45) is 4.50. The second-order valence-electron chi connectivity index (χ2n) is 3.62. The van der Waals surface area contributed by atoms with Crippen molar-refractivity contribution in [1.29, 1.82) is 0 Å². The first-order valence-corrected chi connectivity index (χ1v) is 5.26. The van der Waals surface area contributed by atoms with Crippen LogP contribution in [0.25, 0.3) is 10.9 Å². The Hall–Kier alpha value is -1.97. The number of anilines is 1. The van der Waals surface area contributed by atoms with Gasteiger partial charge in [0.05, 0.1) is 5.69 Å². The lowest BCUT2D eigenvalue weighted by Gasteiger charge is -2.04. The van der Waals surface area contributed by atoms with Gasteiger partial charge in [-0.25, -0.2) is 9.97 Å². The van der Waals surface area contributed by atoms with E-state index in [2.05, 4.69) is 15.0 Å². The molecule has 0 radical (unpaired) electrons. The summed E-state index contributed by atoms with van der Waals surface area (Å²) in [5, 5.41) is 0.961. The molecule has 1 aromatic carbocycles. The maximum atomic E-state index is 5.60. The quantitative estimate of drug-likeness (QED) is 0.781. The number of aryl methyl sites for hydroxylation is 1. The fourth-order valence-corrected chi connectivity index (χ4v) is 1.54. The average Bonchev–Trinajstić information content (AvgIpc) is 2.28. The monoisotopic (exact) mass is 214 g/mol. The first kappa shape index (κ1) is 10.5. The second kappa shape index (κ2) is 4.26. The molecule has 0 unspecified atom stereocenters. The van der Waals surface area contributed by atoms with Gasteiger partial charge in [0.2, 0.25) is 5.95 Å². The van der Waals surface area contributed by atoms with E-state index in [-0.39, 0.29) is 5.95 Å². The van der Waals surface area contributed by atoms with Gasteiger partial charge in [0.1, 0.15) is 5.52 Å². The summed E-state index contributed by atoms with van der Waals surface area (Å²) in [6, 6.07) is 4.00. The third-order valence-corrected chi connectivity index (χ3v) is 2.35. The first-order valence-electron chi connectivity index (χ1n) is 5.26. The maximum absolute atomic E-state index is 5.60. The van der Waals surface area contributed by atoms with Crippen molar-refractivity contribution in [2.75, 3.05) is 5.73 Å². The van der Waals surface area contributed by atoms with Gasteiger partial charge in [-0.1, -0.05) is 19.1 Å². The van der Waals surface area contributed by atoms with Gasteiger partial charge in [0.25, 0.3) is 0 Å². The van der Waals surface area contributed by atoms with Crippen molar-refractivity contribution in [3.05, 3.63) is 23.9 Å². The minimum Gasteiger partial charge on any atom is -0.368 e. The van der Waals surface area contributed by atoms with E-state index < -0.39 is 0 Å². The molecule has 2 N–H and O–H groups in total. The molecule has 1 aromatic heterocycles. The van der Waals surface area contributed by atoms with E-state index in [1.165, 1.54) is 0 Å². The number of nitrogen functional groups attached to an aromatic ring is 1. The predicted octanol–water partition coefficient (Wildman–Crippen LogP) is 2.63. The van der Waals surface area contributed by atoms with Crippen LogP contribution in [-0.4, -0.2) is 16.2 Å². The molecule has 2 aromatic rings. The molecule has 0 aliphatic rings. The fraction of sp³-hybridized carbons (Fsp3) is 0.250. The van der Waals surface area contributed by atoms with Crippen molar-refractivity contribution in [3.8, 4) is 0 Å². The van der Waals surface area contributed by atoms with E-state index >= 15 is 0 Å². The van der Waals surface area contributed by atoms with Crippen LogP contribution in [0.1, 0.15) is 18.9 Å². The van der Waals surface area contributed by atoms with Crippen LogP contribution in [0.4, 0.5) is 11.6 Å². The van der Waals surface area contributed by atoms with Crippen LogP contribution in [0, 0.1) is 6.92 Å². The van der Waals surface area contributed by atoms with Crippen LogP contribution >= 0.6 is 0 Å². The molecule has 0 spiro atoms. The van der Waals surface area contributed by atoms with E-state index in [0.717, 1.165) is 28.6 Å². The Morgan fingerprint density at radius 1 is 1.44 bits per heavy atom.